The average Bonchev–Trinajstić information content (AvgIpc) is 2.38. The van der Waals surface area contributed by atoms with Crippen LogP contribution in [0.25, 0.3) is 0 Å². The fourth-order valence-electron chi connectivity index (χ4n) is 1.31. The summed E-state index contributed by atoms with van der Waals surface area (Å²) >= 11 is 3.27. The molecule has 0 fully saturated rings. The zero-order valence-corrected chi connectivity index (χ0v) is 12.0. The van der Waals surface area contributed by atoms with Crippen LogP contribution in [0.1, 0.15) is 30.6 Å². The predicted octanol–water partition coefficient (Wildman–Crippen LogP) is 2.98. The molecule has 1 atom stereocenters. The van der Waals surface area contributed by atoms with Crippen molar-refractivity contribution in [3.8, 4) is 0 Å². The van der Waals surface area contributed by atoms with E-state index in [0.717, 1.165) is 0 Å². The number of hydrogen-bond acceptors (Lipinski definition) is 3. The summed E-state index contributed by atoms with van der Waals surface area (Å²) in [7, 11) is 0. The van der Waals surface area contributed by atoms with Crippen LogP contribution >= 0.6 is 15.9 Å². The fraction of sp³-hybridized carbons (Fsp3) is 0.385. The van der Waals surface area contributed by atoms with Crippen molar-refractivity contribution >= 4 is 33.5 Å². The second kappa shape index (κ2) is 7.16. The highest BCUT2D eigenvalue weighted by Gasteiger charge is 2.12. The van der Waals surface area contributed by atoms with Crippen molar-refractivity contribution in [3.05, 3.63) is 29.8 Å². The number of benzene rings is 1. The highest BCUT2D eigenvalue weighted by Crippen LogP contribution is 2.13. The molecule has 0 aliphatic heterocycles. The van der Waals surface area contributed by atoms with Crippen LogP contribution in [0.3, 0.4) is 0 Å². The molecule has 1 aromatic carbocycles. The molecule has 1 N–H and O–H groups in total. The van der Waals surface area contributed by atoms with Crippen LogP contribution < -0.4 is 5.32 Å². The number of ether oxygens (including phenoxy) is 1. The van der Waals surface area contributed by atoms with E-state index in [1.807, 2.05) is 6.92 Å². The highest BCUT2D eigenvalue weighted by molar-refractivity contribution is 9.10. The van der Waals surface area contributed by atoms with E-state index in [1.165, 1.54) is 0 Å². The average molecular weight is 314 g/mol. The van der Waals surface area contributed by atoms with E-state index in [-0.39, 0.29) is 16.7 Å². The normalized spacial score (nSPS) is 11.7. The summed E-state index contributed by atoms with van der Waals surface area (Å²) < 4.78 is 4.87. The quantitative estimate of drug-likeness (QED) is 0.671. The lowest BCUT2D eigenvalue weighted by atomic mass is 10.2. The minimum atomic E-state index is -0.359. The van der Waals surface area contributed by atoms with E-state index in [9.17, 15) is 9.59 Å². The number of nitrogens with one attached hydrogen (secondary N) is 1. The Morgan fingerprint density at radius 3 is 2.39 bits per heavy atom. The first-order valence-corrected chi connectivity index (χ1v) is 6.72. The molecule has 1 amide bonds. The van der Waals surface area contributed by atoms with Gasteiger partial charge in [-0.3, -0.25) is 4.79 Å². The molecule has 0 radical (unpaired) electrons. The molecule has 0 aliphatic rings. The SMILES string of the molecule is CCOC(=O)c1ccc(NC(=O)[C@H](Br)CC)cc1. The number of carbonyl (C=O) groups excluding carboxylic acids is 2. The molecular formula is C13H16BrNO3. The Kier molecular flexibility index (Phi) is 5.85. The van der Waals surface area contributed by atoms with Gasteiger partial charge in [-0.15, -0.1) is 0 Å². The summed E-state index contributed by atoms with van der Waals surface area (Å²) in [4.78, 5) is 22.8. The number of halogens is 1. The third-order valence-corrected chi connectivity index (χ3v) is 3.37. The summed E-state index contributed by atoms with van der Waals surface area (Å²) in [5, 5.41) is 2.75. The molecular weight excluding hydrogens is 298 g/mol. The lowest BCUT2D eigenvalue weighted by molar-refractivity contribution is -0.115. The topological polar surface area (TPSA) is 55.4 Å². The van der Waals surface area contributed by atoms with Gasteiger partial charge in [-0.25, -0.2) is 4.79 Å². The largest absolute Gasteiger partial charge is 0.462 e. The number of carbonyl (C=O) groups is 2. The van der Waals surface area contributed by atoms with Crippen molar-refractivity contribution in [2.75, 3.05) is 11.9 Å². The van der Waals surface area contributed by atoms with Gasteiger partial charge in [0.05, 0.1) is 17.0 Å². The van der Waals surface area contributed by atoms with Crippen molar-refractivity contribution in [2.45, 2.75) is 25.1 Å². The third-order valence-electron chi connectivity index (χ3n) is 2.31. The lowest BCUT2D eigenvalue weighted by Crippen LogP contribution is -2.21. The van der Waals surface area contributed by atoms with E-state index in [1.54, 1.807) is 31.2 Å². The Morgan fingerprint density at radius 1 is 1.28 bits per heavy atom. The van der Waals surface area contributed by atoms with Crippen LogP contribution in [-0.2, 0) is 9.53 Å². The van der Waals surface area contributed by atoms with Crippen LogP contribution in [0, 0.1) is 0 Å². The van der Waals surface area contributed by atoms with Gasteiger partial charge in [0.25, 0.3) is 0 Å². The third kappa shape index (κ3) is 4.14. The number of alkyl halides is 1. The molecule has 4 nitrogen and oxygen atoms in total. The Labute approximate surface area is 115 Å². The van der Waals surface area contributed by atoms with Crippen LogP contribution in [0.5, 0.6) is 0 Å². The monoisotopic (exact) mass is 313 g/mol. The maximum atomic E-state index is 11.6. The zero-order valence-electron chi connectivity index (χ0n) is 10.4. The standard InChI is InChI=1S/C13H16BrNO3/c1-3-11(14)12(16)15-10-7-5-9(6-8-10)13(17)18-4-2/h5-8,11H,3-4H2,1-2H3,(H,15,16)/t11-/m1/s1. The van der Waals surface area contributed by atoms with Crippen LogP contribution in [-0.4, -0.2) is 23.3 Å². The predicted molar refractivity (Wildman–Crippen MR) is 74.0 cm³/mol. The number of amides is 1. The van der Waals surface area contributed by atoms with Crippen molar-refractivity contribution in [2.24, 2.45) is 0 Å². The summed E-state index contributed by atoms with van der Waals surface area (Å²) in [6.07, 6.45) is 0.715. The first-order chi connectivity index (χ1) is 8.58. The summed E-state index contributed by atoms with van der Waals surface area (Å²) in [6.45, 7) is 4.02. The maximum Gasteiger partial charge on any atom is 0.338 e. The fourth-order valence-corrected chi connectivity index (χ4v) is 1.42. The molecule has 18 heavy (non-hydrogen) atoms. The minimum Gasteiger partial charge on any atom is -0.462 e. The van der Waals surface area contributed by atoms with E-state index >= 15 is 0 Å². The van der Waals surface area contributed by atoms with E-state index in [0.29, 0.717) is 24.3 Å². The molecule has 0 saturated heterocycles. The Balaban J connectivity index is 2.66. The molecule has 0 aliphatic carbocycles. The highest BCUT2D eigenvalue weighted by atomic mass is 79.9. The van der Waals surface area contributed by atoms with Crippen LogP contribution in [0.2, 0.25) is 0 Å². The maximum absolute atomic E-state index is 11.6. The molecule has 0 saturated carbocycles. The van der Waals surface area contributed by atoms with Crippen molar-refractivity contribution in [1.82, 2.24) is 0 Å². The Bertz CT molecular complexity index is 417. The molecule has 0 bridgehead atoms. The summed E-state index contributed by atoms with van der Waals surface area (Å²) in [6, 6.07) is 6.62. The van der Waals surface area contributed by atoms with Crippen LogP contribution in [0.15, 0.2) is 24.3 Å². The first kappa shape index (κ1) is 14.7. The van der Waals surface area contributed by atoms with Crippen molar-refractivity contribution in [1.29, 1.82) is 0 Å². The second-order valence-corrected chi connectivity index (χ2v) is 4.77. The number of rotatable bonds is 5. The van der Waals surface area contributed by atoms with Gasteiger partial charge in [0.1, 0.15) is 0 Å². The number of hydrogen-bond donors (Lipinski definition) is 1. The van der Waals surface area contributed by atoms with Gasteiger partial charge >= 0.3 is 5.97 Å². The lowest BCUT2D eigenvalue weighted by Gasteiger charge is -2.09. The van der Waals surface area contributed by atoms with Crippen LogP contribution in [0.4, 0.5) is 5.69 Å². The van der Waals surface area contributed by atoms with Gasteiger partial charge < -0.3 is 10.1 Å². The van der Waals surface area contributed by atoms with E-state index in [4.69, 9.17) is 4.74 Å². The van der Waals surface area contributed by atoms with Crippen molar-refractivity contribution in [3.63, 3.8) is 0 Å². The first-order valence-electron chi connectivity index (χ1n) is 5.80. The van der Waals surface area contributed by atoms with Gasteiger partial charge in [-0.1, -0.05) is 22.9 Å². The summed E-state index contributed by atoms with van der Waals surface area (Å²) in [5.74, 6) is -0.455. The van der Waals surface area contributed by atoms with Gasteiger partial charge in [-0.2, -0.15) is 0 Å². The number of esters is 1. The Hall–Kier alpha value is -1.36. The van der Waals surface area contributed by atoms with Gasteiger partial charge in [0, 0.05) is 5.69 Å². The Morgan fingerprint density at radius 2 is 1.89 bits per heavy atom. The van der Waals surface area contributed by atoms with Crippen molar-refractivity contribution < 1.29 is 14.3 Å². The molecule has 1 aromatic rings. The van der Waals surface area contributed by atoms with Gasteiger partial charge in [0.2, 0.25) is 5.91 Å². The molecule has 1 rings (SSSR count). The molecule has 0 unspecified atom stereocenters. The molecule has 98 valence electrons. The zero-order chi connectivity index (χ0) is 13.5. The smallest absolute Gasteiger partial charge is 0.338 e. The number of anilines is 1. The van der Waals surface area contributed by atoms with E-state index in [2.05, 4.69) is 21.2 Å². The minimum absolute atomic E-state index is 0.0959. The molecule has 0 aromatic heterocycles. The molecule has 0 spiro atoms. The summed E-state index contributed by atoms with van der Waals surface area (Å²) in [5.41, 5.74) is 1.13. The molecule has 5 heteroatoms. The van der Waals surface area contributed by atoms with E-state index < -0.39 is 0 Å². The second-order valence-electron chi connectivity index (χ2n) is 3.66. The molecule has 0 heterocycles. The van der Waals surface area contributed by atoms with Gasteiger partial charge in [-0.05, 0) is 37.6 Å². The van der Waals surface area contributed by atoms with Gasteiger partial charge in [0.15, 0.2) is 0 Å².